The molecule has 0 bridgehead atoms. The summed E-state index contributed by atoms with van der Waals surface area (Å²) in [7, 11) is -2.75. The maximum absolute atomic E-state index is 12.0. The van der Waals surface area contributed by atoms with Gasteiger partial charge >= 0.3 is 6.09 Å². The standard InChI is InChI=1S/C22H29N5O4S/c1-14(2)19-12-16(8-10-27(19)22(28)29)31-21-18-9-11-26(20(18)24-13-25-21)15-4-6-17(7-5-15)32(3,23)30/h4-7,13-14,16,19,23H,8-12H2,1-3H3,(H,28,29)/t16?,19?,32-/m0/s1. The van der Waals surface area contributed by atoms with Crippen LogP contribution in [0, 0.1) is 10.7 Å². The van der Waals surface area contributed by atoms with Crippen LogP contribution in [-0.4, -0.2) is 61.8 Å². The van der Waals surface area contributed by atoms with Gasteiger partial charge in [0.15, 0.2) is 0 Å². The Balaban J connectivity index is 1.53. The first-order chi connectivity index (χ1) is 15.1. The lowest BCUT2D eigenvalue weighted by atomic mass is 9.91. The highest BCUT2D eigenvalue weighted by Crippen LogP contribution is 2.38. The number of nitrogens with one attached hydrogen (secondary N) is 1. The van der Waals surface area contributed by atoms with Gasteiger partial charge in [0.1, 0.15) is 18.2 Å². The lowest BCUT2D eigenvalue weighted by Crippen LogP contribution is -2.50. The van der Waals surface area contributed by atoms with E-state index in [4.69, 9.17) is 9.52 Å². The second-order valence-corrected chi connectivity index (χ2v) is 10.9. The van der Waals surface area contributed by atoms with E-state index in [1.807, 2.05) is 26.0 Å². The van der Waals surface area contributed by atoms with E-state index in [9.17, 15) is 14.1 Å². The second kappa shape index (κ2) is 8.57. The van der Waals surface area contributed by atoms with Gasteiger partial charge in [-0.05, 0) is 36.6 Å². The molecule has 0 aliphatic carbocycles. The van der Waals surface area contributed by atoms with Crippen LogP contribution in [0.1, 0.15) is 32.3 Å². The van der Waals surface area contributed by atoms with Gasteiger partial charge in [0.25, 0.3) is 0 Å². The molecule has 172 valence electrons. The van der Waals surface area contributed by atoms with Crippen LogP contribution in [0.3, 0.4) is 0 Å². The highest BCUT2D eigenvalue weighted by Gasteiger charge is 2.35. The van der Waals surface area contributed by atoms with Crippen molar-refractivity contribution in [1.29, 1.82) is 4.78 Å². The van der Waals surface area contributed by atoms with E-state index >= 15 is 0 Å². The lowest BCUT2D eigenvalue weighted by molar-refractivity contribution is 0.0361. The molecule has 4 rings (SSSR count). The number of fused-ring (bicyclic) bond motifs is 1. The Morgan fingerprint density at radius 1 is 1.25 bits per heavy atom. The number of hydrogen-bond donors (Lipinski definition) is 2. The number of hydrogen-bond acceptors (Lipinski definition) is 7. The number of nitrogens with zero attached hydrogens (tertiary/aromatic N) is 4. The van der Waals surface area contributed by atoms with Gasteiger partial charge in [0.2, 0.25) is 5.88 Å². The Hall–Kier alpha value is -2.88. The van der Waals surface area contributed by atoms with Gasteiger partial charge in [0, 0.05) is 48.8 Å². The predicted octanol–water partition coefficient (Wildman–Crippen LogP) is 3.75. The first kappa shape index (κ1) is 22.3. The molecule has 32 heavy (non-hydrogen) atoms. The van der Waals surface area contributed by atoms with E-state index in [-0.39, 0.29) is 18.1 Å². The van der Waals surface area contributed by atoms with Crippen molar-refractivity contribution in [2.24, 2.45) is 5.92 Å². The summed E-state index contributed by atoms with van der Waals surface area (Å²) >= 11 is 0. The molecular formula is C22H29N5O4S. The van der Waals surface area contributed by atoms with Crippen LogP contribution < -0.4 is 9.64 Å². The van der Waals surface area contributed by atoms with Crippen LogP contribution in [0.25, 0.3) is 0 Å². The zero-order valence-electron chi connectivity index (χ0n) is 18.5. The zero-order chi connectivity index (χ0) is 23.0. The Kier molecular flexibility index (Phi) is 5.98. The number of piperidine rings is 1. The number of carboxylic acid groups (broad SMARTS) is 1. The number of ether oxygens (including phenoxy) is 1. The number of aromatic nitrogens is 2. The normalized spacial score (nSPS) is 22.5. The molecule has 1 aromatic carbocycles. The summed E-state index contributed by atoms with van der Waals surface area (Å²) in [5.74, 6) is 1.55. The minimum absolute atomic E-state index is 0.0815. The minimum atomic E-state index is -2.75. The summed E-state index contributed by atoms with van der Waals surface area (Å²) in [4.78, 5) is 24.5. The van der Waals surface area contributed by atoms with Crippen LogP contribution in [-0.2, 0) is 16.1 Å². The molecule has 2 unspecified atom stereocenters. The molecule has 0 spiro atoms. The van der Waals surface area contributed by atoms with Gasteiger partial charge in [-0.3, -0.25) is 0 Å². The molecule has 2 aromatic rings. The summed E-state index contributed by atoms with van der Waals surface area (Å²) in [6.07, 6.45) is 3.93. The van der Waals surface area contributed by atoms with Gasteiger partial charge in [0.05, 0.1) is 15.3 Å². The quantitative estimate of drug-likeness (QED) is 0.699. The summed E-state index contributed by atoms with van der Waals surface area (Å²) in [6, 6.07) is 7.09. The van der Waals surface area contributed by atoms with Crippen molar-refractivity contribution in [2.45, 2.75) is 50.2 Å². The van der Waals surface area contributed by atoms with E-state index < -0.39 is 15.8 Å². The van der Waals surface area contributed by atoms with E-state index in [2.05, 4.69) is 14.9 Å². The highest BCUT2D eigenvalue weighted by atomic mass is 32.2. The summed E-state index contributed by atoms with van der Waals surface area (Å²) < 4.78 is 26.0. The number of carbonyl (C=O) groups is 1. The molecule has 3 heterocycles. The number of anilines is 2. The SMILES string of the molecule is CC(C)C1CC(Oc2ncnc3c2CCN3c2ccc([S@@](C)(=N)=O)cc2)CCN1C(=O)O. The predicted molar refractivity (Wildman–Crippen MR) is 121 cm³/mol. The second-order valence-electron chi connectivity index (χ2n) is 8.77. The van der Waals surface area contributed by atoms with E-state index in [1.165, 1.54) is 17.5 Å². The molecule has 10 heteroatoms. The average Bonchev–Trinajstić information content (AvgIpc) is 3.18. The topological polar surface area (TPSA) is 120 Å². The maximum atomic E-state index is 12.0. The number of likely N-dealkylation sites (tertiary alicyclic amines) is 1. The van der Waals surface area contributed by atoms with Crippen LogP contribution in [0.5, 0.6) is 5.88 Å². The van der Waals surface area contributed by atoms with Crippen molar-refractivity contribution in [2.75, 3.05) is 24.2 Å². The molecule has 1 amide bonds. The molecule has 0 radical (unpaired) electrons. The highest BCUT2D eigenvalue weighted by molar-refractivity contribution is 7.91. The van der Waals surface area contributed by atoms with Crippen molar-refractivity contribution in [3.05, 3.63) is 36.2 Å². The Bertz CT molecular complexity index is 1100. The van der Waals surface area contributed by atoms with Gasteiger partial charge in [-0.2, -0.15) is 0 Å². The minimum Gasteiger partial charge on any atom is -0.474 e. The Labute approximate surface area is 188 Å². The number of amides is 1. The fraction of sp³-hybridized carbons (Fsp3) is 0.500. The van der Waals surface area contributed by atoms with Crippen LogP contribution >= 0.6 is 0 Å². The monoisotopic (exact) mass is 459 g/mol. The molecular weight excluding hydrogens is 430 g/mol. The molecule has 1 aromatic heterocycles. The molecule has 1 fully saturated rings. The van der Waals surface area contributed by atoms with Crippen LogP contribution in [0.4, 0.5) is 16.3 Å². The summed E-state index contributed by atoms with van der Waals surface area (Å²) in [6.45, 7) is 5.24. The van der Waals surface area contributed by atoms with E-state index in [0.29, 0.717) is 30.2 Å². The average molecular weight is 460 g/mol. The van der Waals surface area contributed by atoms with Gasteiger partial charge < -0.3 is 19.6 Å². The van der Waals surface area contributed by atoms with E-state index in [0.717, 1.165) is 30.0 Å². The Morgan fingerprint density at radius 3 is 2.59 bits per heavy atom. The third-order valence-corrected chi connectivity index (χ3v) is 7.38. The van der Waals surface area contributed by atoms with Crippen molar-refractivity contribution >= 4 is 27.3 Å². The van der Waals surface area contributed by atoms with E-state index in [1.54, 1.807) is 12.1 Å². The number of benzene rings is 1. The molecule has 1 saturated heterocycles. The van der Waals surface area contributed by atoms with Gasteiger partial charge in [-0.25, -0.2) is 23.8 Å². The number of rotatable bonds is 5. The largest absolute Gasteiger partial charge is 0.474 e. The smallest absolute Gasteiger partial charge is 0.407 e. The van der Waals surface area contributed by atoms with Crippen LogP contribution in [0.2, 0.25) is 0 Å². The third kappa shape index (κ3) is 4.36. The van der Waals surface area contributed by atoms with Crippen LogP contribution in [0.15, 0.2) is 35.5 Å². The maximum Gasteiger partial charge on any atom is 0.407 e. The molecule has 2 aliphatic heterocycles. The van der Waals surface area contributed by atoms with Gasteiger partial charge in [-0.1, -0.05) is 13.8 Å². The summed E-state index contributed by atoms with van der Waals surface area (Å²) in [5, 5.41) is 9.49. The fourth-order valence-corrected chi connectivity index (χ4v) is 5.16. The fourth-order valence-electron chi connectivity index (χ4n) is 4.50. The first-order valence-corrected chi connectivity index (χ1v) is 12.7. The molecule has 9 nitrogen and oxygen atoms in total. The molecule has 0 saturated carbocycles. The zero-order valence-corrected chi connectivity index (χ0v) is 19.3. The molecule has 2 N–H and O–H groups in total. The molecule has 2 aliphatic rings. The van der Waals surface area contributed by atoms with Gasteiger partial charge in [-0.15, -0.1) is 0 Å². The molecule has 3 atom stereocenters. The van der Waals surface area contributed by atoms with Crippen molar-refractivity contribution in [3.8, 4) is 5.88 Å². The van der Waals surface area contributed by atoms with Crippen molar-refractivity contribution < 1.29 is 18.8 Å². The Morgan fingerprint density at radius 2 is 1.97 bits per heavy atom. The first-order valence-electron chi connectivity index (χ1n) is 10.8. The lowest BCUT2D eigenvalue weighted by Gasteiger charge is -2.39. The van der Waals surface area contributed by atoms with Crippen molar-refractivity contribution in [3.63, 3.8) is 0 Å². The third-order valence-electron chi connectivity index (χ3n) is 6.21. The van der Waals surface area contributed by atoms with Crippen molar-refractivity contribution in [1.82, 2.24) is 14.9 Å². The summed E-state index contributed by atoms with van der Waals surface area (Å²) in [5.41, 5.74) is 1.86.